The Kier molecular flexibility index (Phi) is 2.49. The molecule has 5 aromatic rings. The van der Waals surface area contributed by atoms with Gasteiger partial charge >= 0.3 is 0 Å². The SMILES string of the molecule is Cc1c(C#N)ccc2c3cccc4c5ccc(C#N)c(C)c5n(c12)c34. The van der Waals surface area contributed by atoms with Crippen LogP contribution < -0.4 is 0 Å². The molecule has 0 fully saturated rings. The molecule has 0 N–H and O–H groups in total. The van der Waals surface area contributed by atoms with Crippen molar-refractivity contribution in [2.75, 3.05) is 0 Å². The molecule has 25 heavy (non-hydrogen) atoms. The van der Waals surface area contributed by atoms with E-state index in [0.29, 0.717) is 11.1 Å². The molecule has 116 valence electrons. The summed E-state index contributed by atoms with van der Waals surface area (Å²) in [5.74, 6) is 0. The number of fused-ring (bicyclic) bond motifs is 6. The van der Waals surface area contributed by atoms with Crippen LogP contribution in [0.25, 0.3) is 38.1 Å². The van der Waals surface area contributed by atoms with Crippen molar-refractivity contribution in [2.45, 2.75) is 13.8 Å². The van der Waals surface area contributed by atoms with E-state index in [1.54, 1.807) is 0 Å². The van der Waals surface area contributed by atoms with E-state index >= 15 is 0 Å². The first kappa shape index (κ1) is 13.8. The Morgan fingerprint density at radius 1 is 0.640 bits per heavy atom. The molecule has 3 heteroatoms. The zero-order valence-electron chi connectivity index (χ0n) is 13.9. The van der Waals surface area contributed by atoms with Gasteiger partial charge in [0.05, 0.1) is 39.8 Å². The molecular weight excluding hydrogens is 306 g/mol. The van der Waals surface area contributed by atoms with Gasteiger partial charge in [-0.3, -0.25) is 0 Å². The van der Waals surface area contributed by atoms with Gasteiger partial charge in [-0.05, 0) is 37.1 Å². The van der Waals surface area contributed by atoms with Crippen LogP contribution in [0.15, 0.2) is 42.5 Å². The van der Waals surface area contributed by atoms with Crippen molar-refractivity contribution in [3.05, 3.63) is 64.7 Å². The van der Waals surface area contributed by atoms with Crippen molar-refractivity contribution in [3.8, 4) is 12.1 Å². The van der Waals surface area contributed by atoms with Gasteiger partial charge in [0.2, 0.25) is 0 Å². The Morgan fingerprint density at radius 2 is 1.08 bits per heavy atom. The summed E-state index contributed by atoms with van der Waals surface area (Å²) in [5.41, 5.74) is 6.65. The summed E-state index contributed by atoms with van der Waals surface area (Å²) in [4.78, 5) is 0. The normalized spacial score (nSPS) is 11.5. The van der Waals surface area contributed by atoms with Crippen molar-refractivity contribution < 1.29 is 0 Å². The Balaban J connectivity index is 2.24. The highest BCUT2D eigenvalue weighted by Crippen LogP contribution is 2.41. The highest BCUT2D eigenvalue weighted by Gasteiger charge is 2.21. The van der Waals surface area contributed by atoms with Gasteiger partial charge in [0.25, 0.3) is 0 Å². The standard InChI is InChI=1S/C22H13N3/c1-12-14(10-23)6-8-18-16-4-3-5-17-19-9-7-15(11-24)13(2)21(19)25(20(12)18)22(16)17/h3-9H,1-2H3. The molecule has 0 amide bonds. The van der Waals surface area contributed by atoms with Crippen LogP contribution in [0.4, 0.5) is 0 Å². The second-order valence-corrected chi connectivity index (χ2v) is 6.53. The number of nitrogens with zero attached hydrogens (tertiary/aromatic N) is 3. The van der Waals surface area contributed by atoms with Gasteiger partial charge in [0.15, 0.2) is 0 Å². The molecule has 2 aromatic heterocycles. The molecular formula is C22H13N3. The van der Waals surface area contributed by atoms with E-state index < -0.39 is 0 Å². The van der Waals surface area contributed by atoms with Crippen LogP contribution in [-0.4, -0.2) is 4.40 Å². The molecule has 2 heterocycles. The van der Waals surface area contributed by atoms with Gasteiger partial charge < -0.3 is 4.40 Å². The van der Waals surface area contributed by atoms with Crippen LogP contribution >= 0.6 is 0 Å². The van der Waals surface area contributed by atoms with Gasteiger partial charge in [-0.25, -0.2) is 0 Å². The quantitative estimate of drug-likeness (QED) is 0.394. The molecule has 0 radical (unpaired) electrons. The summed E-state index contributed by atoms with van der Waals surface area (Å²) < 4.78 is 2.25. The fourth-order valence-corrected chi connectivity index (χ4v) is 4.21. The number of rotatable bonds is 0. The minimum atomic E-state index is 0.690. The van der Waals surface area contributed by atoms with Crippen molar-refractivity contribution in [1.29, 1.82) is 10.5 Å². The van der Waals surface area contributed by atoms with E-state index in [-0.39, 0.29) is 0 Å². The maximum atomic E-state index is 9.46. The largest absolute Gasteiger partial charge is 0.307 e. The van der Waals surface area contributed by atoms with E-state index in [2.05, 4.69) is 34.7 Å². The van der Waals surface area contributed by atoms with Crippen molar-refractivity contribution in [2.24, 2.45) is 0 Å². The van der Waals surface area contributed by atoms with Gasteiger partial charge in [-0.15, -0.1) is 0 Å². The molecule has 0 aliphatic carbocycles. The summed E-state index contributed by atoms with van der Waals surface area (Å²) >= 11 is 0. The Labute approximate surface area is 144 Å². The molecule has 0 saturated carbocycles. The van der Waals surface area contributed by atoms with Crippen LogP contribution in [0.5, 0.6) is 0 Å². The van der Waals surface area contributed by atoms with Crippen LogP contribution in [0, 0.1) is 36.5 Å². The van der Waals surface area contributed by atoms with Crippen LogP contribution in [-0.2, 0) is 0 Å². The monoisotopic (exact) mass is 319 g/mol. The number of nitriles is 2. The number of aryl methyl sites for hydroxylation is 2. The van der Waals surface area contributed by atoms with Crippen LogP contribution in [0.3, 0.4) is 0 Å². The summed E-state index contributed by atoms with van der Waals surface area (Å²) in [5, 5.41) is 23.6. The minimum Gasteiger partial charge on any atom is -0.307 e. The lowest BCUT2D eigenvalue weighted by atomic mass is 10.0. The first-order chi connectivity index (χ1) is 12.2. The molecule has 0 aliphatic rings. The van der Waals surface area contributed by atoms with Crippen molar-refractivity contribution in [1.82, 2.24) is 4.40 Å². The number of benzene rings is 3. The summed E-state index contributed by atoms with van der Waals surface area (Å²) in [7, 11) is 0. The lowest BCUT2D eigenvalue weighted by Crippen LogP contribution is -1.91. The van der Waals surface area contributed by atoms with E-state index in [4.69, 9.17) is 0 Å². The van der Waals surface area contributed by atoms with Crippen molar-refractivity contribution >= 4 is 38.1 Å². The maximum absolute atomic E-state index is 9.46. The number of hydrogen-bond acceptors (Lipinski definition) is 2. The van der Waals surface area contributed by atoms with E-state index in [1.165, 1.54) is 16.3 Å². The third-order valence-corrected chi connectivity index (χ3v) is 5.39. The Bertz CT molecular complexity index is 1320. The number of aromatic nitrogens is 1. The second kappa shape index (κ2) is 4.50. The lowest BCUT2D eigenvalue weighted by molar-refractivity contribution is 1.29. The zero-order valence-corrected chi connectivity index (χ0v) is 13.9. The summed E-state index contributed by atoms with van der Waals surface area (Å²) in [6.45, 7) is 4.01. The third kappa shape index (κ3) is 1.48. The Morgan fingerprint density at radius 3 is 1.52 bits per heavy atom. The van der Waals surface area contributed by atoms with E-state index in [0.717, 1.165) is 32.9 Å². The maximum Gasteiger partial charge on any atom is 0.0995 e. The van der Waals surface area contributed by atoms with Gasteiger partial charge in [-0.2, -0.15) is 10.5 Å². The first-order valence-electron chi connectivity index (χ1n) is 8.18. The highest BCUT2D eigenvalue weighted by molar-refractivity contribution is 6.24. The molecule has 0 unspecified atom stereocenters. The van der Waals surface area contributed by atoms with Gasteiger partial charge in [0.1, 0.15) is 0 Å². The van der Waals surface area contributed by atoms with E-state index in [1.807, 2.05) is 38.1 Å². The average Bonchev–Trinajstić information content (AvgIpc) is 3.14. The fourth-order valence-electron chi connectivity index (χ4n) is 4.21. The van der Waals surface area contributed by atoms with Crippen LogP contribution in [0.1, 0.15) is 22.3 Å². The number of para-hydroxylation sites is 1. The molecule has 0 bridgehead atoms. The smallest absolute Gasteiger partial charge is 0.0995 e. The summed E-state index contributed by atoms with van der Waals surface area (Å²) in [6.07, 6.45) is 0. The molecule has 0 aliphatic heterocycles. The predicted octanol–water partition coefficient (Wildman–Crippen LogP) is 5.20. The molecule has 0 saturated heterocycles. The molecule has 5 rings (SSSR count). The van der Waals surface area contributed by atoms with Gasteiger partial charge in [-0.1, -0.05) is 30.3 Å². The molecule has 0 spiro atoms. The lowest BCUT2D eigenvalue weighted by Gasteiger charge is -2.06. The zero-order chi connectivity index (χ0) is 17.3. The van der Waals surface area contributed by atoms with E-state index in [9.17, 15) is 10.5 Å². The Hall–Kier alpha value is -3.56. The first-order valence-corrected chi connectivity index (χ1v) is 8.18. The topological polar surface area (TPSA) is 52.0 Å². The second-order valence-electron chi connectivity index (χ2n) is 6.53. The third-order valence-electron chi connectivity index (χ3n) is 5.39. The highest BCUT2D eigenvalue weighted by atomic mass is 14.9. The molecule has 3 nitrogen and oxygen atoms in total. The molecule has 3 aromatic carbocycles. The average molecular weight is 319 g/mol. The number of hydrogen-bond donors (Lipinski definition) is 0. The minimum absolute atomic E-state index is 0.690. The van der Waals surface area contributed by atoms with Crippen LogP contribution in [0.2, 0.25) is 0 Å². The predicted molar refractivity (Wildman–Crippen MR) is 100 cm³/mol. The molecule has 0 atom stereocenters. The fraction of sp³-hybridized carbons (Fsp3) is 0.0909. The summed E-state index contributed by atoms with van der Waals surface area (Å²) in [6, 6.07) is 18.8. The van der Waals surface area contributed by atoms with Crippen molar-refractivity contribution in [3.63, 3.8) is 0 Å². The van der Waals surface area contributed by atoms with Gasteiger partial charge in [0, 0.05) is 21.5 Å².